The van der Waals surface area contributed by atoms with Crippen LogP contribution < -0.4 is 5.32 Å². The molecule has 1 aliphatic rings. The Labute approximate surface area is 89.7 Å². The van der Waals surface area contributed by atoms with Gasteiger partial charge in [-0.25, -0.2) is 0 Å². The zero-order valence-electron chi connectivity index (χ0n) is 10.2. The molecule has 0 bridgehead atoms. The third-order valence-electron chi connectivity index (χ3n) is 3.99. The molecule has 84 valence electrons. The Kier molecular flexibility index (Phi) is 5.54. The van der Waals surface area contributed by atoms with Gasteiger partial charge in [0.05, 0.1) is 0 Å². The topological polar surface area (TPSA) is 12.0 Å². The first-order valence-electron chi connectivity index (χ1n) is 6.45. The lowest BCUT2D eigenvalue weighted by Crippen LogP contribution is -2.30. The van der Waals surface area contributed by atoms with Gasteiger partial charge < -0.3 is 5.32 Å². The van der Waals surface area contributed by atoms with Crippen LogP contribution in [-0.2, 0) is 0 Å². The molecular formula is C13H27N. The molecule has 0 spiro atoms. The highest BCUT2D eigenvalue weighted by Gasteiger charge is 2.21. The summed E-state index contributed by atoms with van der Waals surface area (Å²) >= 11 is 0. The molecule has 1 nitrogen and oxygen atoms in total. The molecule has 3 unspecified atom stereocenters. The molecular weight excluding hydrogens is 170 g/mol. The van der Waals surface area contributed by atoms with E-state index in [0.29, 0.717) is 0 Å². The minimum Gasteiger partial charge on any atom is -0.317 e. The Morgan fingerprint density at radius 2 is 2.00 bits per heavy atom. The van der Waals surface area contributed by atoms with Crippen LogP contribution in [0, 0.1) is 11.8 Å². The summed E-state index contributed by atoms with van der Waals surface area (Å²) in [5.41, 5.74) is 0. The summed E-state index contributed by atoms with van der Waals surface area (Å²) < 4.78 is 0. The molecule has 1 N–H and O–H groups in total. The Morgan fingerprint density at radius 1 is 1.21 bits per heavy atom. The van der Waals surface area contributed by atoms with Gasteiger partial charge in [-0.2, -0.15) is 0 Å². The van der Waals surface area contributed by atoms with Crippen molar-refractivity contribution < 1.29 is 0 Å². The first kappa shape index (κ1) is 12.0. The molecule has 0 amide bonds. The van der Waals surface area contributed by atoms with E-state index < -0.39 is 0 Å². The van der Waals surface area contributed by atoms with Crippen LogP contribution in [0.4, 0.5) is 0 Å². The maximum absolute atomic E-state index is 3.41. The number of hydrogen-bond donors (Lipinski definition) is 1. The van der Waals surface area contributed by atoms with E-state index in [1.165, 1.54) is 44.9 Å². The first-order valence-corrected chi connectivity index (χ1v) is 6.45. The van der Waals surface area contributed by atoms with E-state index in [1.807, 2.05) is 0 Å². The summed E-state index contributed by atoms with van der Waals surface area (Å²) in [5, 5.41) is 3.41. The van der Waals surface area contributed by atoms with Crippen molar-refractivity contribution in [1.29, 1.82) is 0 Å². The third-order valence-corrected chi connectivity index (χ3v) is 3.99. The second kappa shape index (κ2) is 6.44. The lowest BCUT2D eigenvalue weighted by atomic mass is 9.91. The van der Waals surface area contributed by atoms with Crippen LogP contribution >= 0.6 is 0 Å². The van der Waals surface area contributed by atoms with Gasteiger partial charge >= 0.3 is 0 Å². The Hall–Kier alpha value is -0.0400. The molecule has 0 saturated heterocycles. The SMILES string of the molecule is CCCC1CCCC(C(C)NC)CC1. The quantitative estimate of drug-likeness (QED) is 0.679. The molecule has 1 aliphatic carbocycles. The van der Waals surface area contributed by atoms with Crippen molar-refractivity contribution in [3.05, 3.63) is 0 Å². The fraction of sp³-hybridized carbons (Fsp3) is 1.00. The number of rotatable bonds is 4. The van der Waals surface area contributed by atoms with Gasteiger partial charge in [0.1, 0.15) is 0 Å². The summed E-state index contributed by atoms with van der Waals surface area (Å²) in [7, 11) is 2.10. The van der Waals surface area contributed by atoms with Crippen molar-refractivity contribution in [3.63, 3.8) is 0 Å². The van der Waals surface area contributed by atoms with Crippen molar-refractivity contribution in [2.45, 2.75) is 64.8 Å². The minimum atomic E-state index is 0.718. The molecule has 1 saturated carbocycles. The monoisotopic (exact) mass is 197 g/mol. The smallest absolute Gasteiger partial charge is 0.00639 e. The largest absolute Gasteiger partial charge is 0.317 e. The molecule has 3 atom stereocenters. The molecule has 0 aromatic carbocycles. The Balaban J connectivity index is 2.32. The van der Waals surface area contributed by atoms with Crippen molar-refractivity contribution in [3.8, 4) is 0 Å². The predicted octanol–water partition coefficient (Wildman–Crippen LogP) is 3.59. The van der Waals surface area contributed by atoms with Gasteiger partial charge in [0.25, 0.3) is 0 Å². The zero-order valence-corrected chi connectivity index (χ0v) is 10.2. The predicted molar refractivity (Wildman–Crippen MR) is 63.5 cm³/mol. The van der Waals surface area contributed by atoms with Crippen LogP contribution in [0.1, 0.15) is 58.8 Å². The lowest BCUT2D eigenvalue weighted by Gasteiger charge is -2.21. The van der Waals surface area contributed by atoms with E-state index in [-0.39, 0.29) is 0 Å². The van der Waals surface area contributed by atoms with Gasteiger partial charge in [0.15, 0.2) is 0 Å². The molecule has 0 heterocycles. The van der Waals surface area contributed by atoms with Crippen LogP contribution in [0.5, 0.6) is 0 Å². The highest BCUT2D eigenvalue weighted by Crippen LogP contribution is 2.31. The Morgan fingerprint density at radius 3 is 2.64 bits per heavy atom. The normalized spacial score (nSPS) is 31.1. The van der Waals surface area contributed by atoms with Crippen molar-refractivity contribution in [2.75, 3.05) is 7.05 Å². The lowest BCUT2D eigenvalue weighted by molar-refractivity contribution is 0.344. The molecule has 0 radical (unpaired) electrons. The van der Waals surface area contributed by atoms with Crippen LogP contribution in [-0.4, -0.2) is 13.1 Å². The maximum atomic E-state index is 3.41. The molecule has 0 aliphatic heterocycles. The van der Waals surface area contributed by atoms with E-state index >= 15 is 0 Å². The average molecular weight is 197 g/mol. The molecule has 1 rings (SSSR count). The van der Waals surface area contributed by atoms with Crippen molar-refractivity contribution >= 4 is 0 Å². The fourth-order valence-electron chi connectivity index (χ4n) is 2.84. The number of nitrogens with one attached hydrogen (secondary N) is 1. The van der Waals surface area contributed by atoms with Crippen LogP contribution in [0.3, 0.4) is 0 Å². The van der Waals surface area contributed by atoms with Crippen molar-refractivity contribution in [1.82, 2.24) is 5.32 Å². The summed E-state index contributed by atoms with van der Waals surface area (Å²) in [5.74, 6) is 1.97. The van der Waals surface area contributed by atoms with E-state index in [2.05, 4.69) is 26.2 Å². The summed E-state index contributed by atoms with van der Waals surface area (Å²) in [6.45, 7) is 4.66. The summed E-state index contributed by atoms with van der Waals surface area (Å²) in [6.07, 6.45) is 10.2. The van der Waals surface area contributed by atoms with Crippen LogP contribution in [0.2, 0.25) is 0 Å². The van der Waals surface area contributed by atoms with Gasteiger partial charge in [-0.05, 0) is 38.6 Å². The first-order chi connectivity index (χ1) is 6.77. The maximum Gasteiger partial charge on any atom is 0.00639 e. The molecule has 14 heavy (non-hydrogen) atoms. The van der Waals surface area contributed by atoms with Gasteiger partial charge in [-0.1, -0.05) is 39.0 Å². The van der Waals surface area contributed by atoms with Gasteiger partial charge in [-0.15, -0.1) is 0 Å². The Bertz CT molecular complexity index is 144. The van der Waals surface area contributed by atoms with Crippen LogP contribution in [0.25, 0.3) is 0 Å². The van der Waals surface area contributed by atoms with E-state index in [0.717, 1.165) is 17.9 Å². The highest BCUT2D eigenvalue weighted by atomic mass is 14.9. The molecule has 1 heteroatoms. The van der Waals surface area contributed by atoms with Gasteiger partial charge in [-0.3, -0.25) is 0 Å². The van der Waals surface area contributed by atoms with E-state index in [4.69, 9.17) is 0 Å². The third kappa shape index (κ3) is 3.61. The summed E-state index contributed by atoms with van der Waals surface area (Å²) in [6, 6.07) is 0.718. The van der Waals surface area contributed by atoms with E-state index in [9.17, 15) is 0 Å². The van der Waals surface area contributed by atoms with E-state index in [1.54, 1.807) is 0 Å². The minimum absolute atomic E-state index is 0.718. The molecule has 0 aromatic heterocycles. The van der Waals surface area contributed by atoms with Crippen LogP contribution in [0.15, 0.2) is 0 Å². The highest BCUT2D eigenvalue weighted by molar-refractivity contribution is 4.76. The molecule has 1 fully saturated rings. The van der Waals surface area contributed by atoms with Gasteiger partial charge in [0, 0.05) is 6.04 Å². The van der Waals surface area contributed by atoms with Crippen molar-refractivity contribution in [2.24, 2.45) is 11.8 Å². The summed E-state index contributed by atoms with van der Waals surface area (Å²) in [4.78, 5) is 0. The van der Waals surface area contributed by atoms with Gasteiger partial charge in [0.2, 0.25) is 0 Å². The number of hydrogen-bond acceptors (Lipinski definition) is 1. The fourth-order valence-corrected chi connectivity index (χ4v) is 2.84. The average Bonchev–Trinajstić information content (AvgIpc) is 2.43. The second-order valence-corrected chi connectivity index (χ2v) is 5.00. The molecule has 0 aromatic rings. The standard InChI is InChI=1S/C13H27N/c1-4-6-12-7-5-8-13(10-9-12)11(2)14-3/h11-14H,4-10H2,1-3H3. The zero-order chi connectivity index (χ0) is 10.4. The second-order valence-electron chi connectivity index (χ2n) is 5.00.